The first kappa shape index (κ1) is 19.4. The van der Waals surface area contributed by atoms with Crippen LogP contribution in [0, 0.1) is 0 Å². The molecule has 2 rings (SSSR count). The van der Waals surface area contributed by atoms with Crippen LogP contribution < -0.4 is 10.6 Å². The average molecular weight is 377 g/mol. The minimum absolute atomic E-state index is 0.263. The normalized spacial score (nSPS) is 18.2. The van der Waals surface area contributed by atoms with Crippen LogP contribution in [-0.4, -0.2) is 49.5 Å². The third kappa shape index (κ3) is 5.84. The molecule has 24 heavy (non-hydrogen) atoms. The molecule has 136 valence electrons. The van der Waals surface area contributed by atoms with Gasteiger partial charge in [-0.3, -0.25) is 0 Å². The van der Waals surface area contributed by atoms with Gasteiger partial charge >= 0.3 is 0 Å². The lowest BCUT2D eigenvalue weighted by Crippen LogP contribution is -2.39. The fourth-order valence-electron chi connectivity index (χ4n) is 2.47. The van der Waals surface area contributed by atoms with Crippen molar-refractivity contribution in [3.05, 3.63) is 21.9 Å². The number of hydrogen-bond acceptors (Lipinski definition) is 3. The van der Waals surface area contributed by atoms with Gasteiger partial charge in [0.05, 0.1) is 30.9 Å². The van der Waals surface area contributed by atoms with Gasteiger partial charge in [-0.2, -0.15) is 0 Å². The van der Waals surface area contributed by atoms with Gasteiger partial charge in [0.15, 0.2) is 5.96 Å². The summed E-state index contributed by atoms with van der Waals surface area (Å²) in [5.74, 6) is 0.742. The molecule has 1 fully saturated rings. The zero-order valence-corrected chi connectivity index (χ0v) is 15.8. The van der Waals surface area contributed by atoms with Crippen molar-refractivity contribution in [2.45, 2.75) is 32.4 Å². The predicted molar refractivity (Wildman–Crippen MR) is 98.0 cm³/mol. The highest BCUT2D eigenvalue weighted by Gasteiger charge is 2.15. The first-order valence-corrected chi connectivity index (χ1v) is 9.08. The van der Waals surface area contributed by atoms with Crippen LogP contribution in [0.2, 0.25) is 10.2 Å². The molecule has 2 N–H and O–H groups in total. The zero-order chi connectivity index (χ0) is 17.4. The van der Waals surface area contributed by atoms with Crippen molar-refractivity contribution in [1.29, 1.82) is 0 Å². The second-order valence-corrected chi connectivity index (χ2v) is 6.43. The number of ether oxygens (including phenoxy) is 2. The van der Waals surface area contributed by atoms with Crippen LogP contribution in [-0.2, 0) is 23.1 Å². The molecular weight excluding hydrogens is 351 g/mol. The lowest BCUT2D eigenvalue weighted by molar-refractivity contribution is 0.0191. The molecule has 0 saturated carbocycles. The van der Waals surface area contributed by atoms with Crippen molar-refractivity contribution in [1.82, 2.24) is 15.2 Å². The second kappa shape index (κ2) is 10.1. The van der Waals surface area contributed by atoms with Gasteiger partial charge in [0.2, 0.25) is 0 Å². The van der Waals surface area contributed by atoms with Crippen molar-refractivity contribution in [3.8, 4) is 0 Å². The molecule has 1 atom stereocenters. The van der Waals surface area contributed by atoms with Gasteiger partial charge in [-0.25, -0.2) is 4.99 Å². The van der Waals surface area contributed by atoms with Crippen molar-refractivity contribution in [3.63, 3.8) is 0 Å². The predicted octanol–water partition coefficient (Wildman–Crippen LogP) is 2.58. The van der Waals surface area contributed by atoms with Crippen LogP contribution in [0.15, 0.2) is 11.1 Å². The molecule has 1 aromatic rings. The second-order valence-electron chi connectivity index (χ2n) is 5.67. The molecule has 0 aromatic carbocycles. The van der Waals surface area contributed by atoms with Crippen LogP contribution in [0.1, 0.15) is 25.5 Å². The summed E-state index contributed by atoms with van der Waals surface area (Å²) in [5.41, 5.74) is 0.955. The number of rotatable bonds is 8. The quantitative estimate of drug-likeness (QED) is 0.415. The monoisotopic (exact) mass is 376 g/mol. The largest absolute Gasteiger partial charge is 0.377 e. The van der Waals surface area contributed by atoms with Crippen molar-refractivity contribution >= 4 is 29.2 Å². The topological polar surface area (TPSA) is 59.8 Å². The van der Waals surface area contributed by atoms with Gasteiger partial charge in [0.25, 0.3) is 0 Å². The Morgan fingerprint density at radius 2 is 2.29 bits per heavy atom. The van der Waals surface area contributed by atoms with E-state index in [1.807, 2.05) is 24.6 Å². The molecule has 1 unspecified atom stereocenters. The molecule has 0 amide bonds. The maximum Gasteiger partial charge on any atom is 0.191 e. The molecule has 0 spiro atoms. The third-order valence-corrected chi connectivity index (χ3v) is 4.67. The Kier molecular flexibility index (Phi) is 8.18. The smallest absolute Gasteiger partial charge is 0.191 e. The number of aromatic nitrogens is 1. The molecule has 0 radical (unpaired) electrons. The molecule has 1 aliphatic heterocycles. The summed E-state index contributed by atoms with van der Waals surface area (Å²) in [4.78, 5) is 4.55. The fraction of sp³-hybridized carbons (Fsp3) is 0.688. The van der Waals surface area contributed by atoms with E-state index in [9.17, 15) is 0 Å². The molecule has 6 nitrogen and oxygen atoms in total. The average Bonchev–Trinajstić information content (AvgIpc) is 3.17. The molecular formula is C16H26Cl2N4O2. The summed E-state index contributed by atoms with van der Waals surface area (Å²) in [6, 6.07) is 1.83. The number of guanidine groups is 1. The van der Waals surface area contributed by atoms with E-state index in [0.717, 1.165) is 37.6 Å². The van der Waals surface area contributed by atoms with Gasteiger partial charge in [0.1, 0.15) is 5.15 Å². The van der Waals surface area contributed by atoms with Crippen molar-refractivity contribution in [2.75, 3.05) is 32.9 Å². The minimum atomic E-state index is 0.263. The van der Waals surface area contributed by atoms with Crippen molar-refractivity contribution in [2.24, 2.45) is 12.0 Å². The first-order valence-electron chi connectivity index (χ1n) is 8.33. The summed E-state index contributed by atoms with van der Waals surface area (Å²) in [6.07, 6.45) is 2.49. The first-order chi connectivity index (χ1) is 11.6. The van der Waals surface area contributed by atoms with E-state index in [0.29, 0.717) is 36.5 Å². The number of nitrogens with zero attached hydrogens (tertiary/aromatic N) is 2. The maximum absolute atomic E-state index is 6.07. The van der Waals surface area contributed by atoms with E-state index in [1.54, 1.807) is 0 Å². The highest BCUT2D eigenvalue weighted by Crippen LogP contribution is 2.25. The summed E-state index contributed by atoms with van der Waals surface area (Å²) in [7, 11) is 1.87. The SMILES string of the molecule is CCNC(=NCc1cc(Cl)c(Cl)n1C)NCCOCC1CCCO1. The van der Waals surface area contributed by atoms with Crippen LogP contribution in [0.5, 0.6) is 0 Å². The Balaban J connectivity index is 1.74. The number of hydrogen-bond donors (Lipinski definition) is 2. The molecule has 2 heterocycles. The molecule has 1 saturated heterocycles. The molecule has 1 aromatic heterocycles. The number of halogens is 2. The Labute approximate surface area is 153 Å². The van der Waals surface area contributed by atoms with E-state index in [4.69, 9.17) is 32.7 Å². The van der Waals surface area contributed by atoms with E-state index in [-0.39, 0.29) is 6.10 Å². The summed E-state index contributed by atoms with van der Waals surface area (Å²) >= 11 is 12.1. The zero-order valence-electron chi connectivity index (χ0n) is 14.3. The van der Waals surface area contributed by atoms with Crippen LogP contribution in [0.25, 0.3) is 0 Å². The fourth-order valence-corrected chi connectivity index (χ4v) is 2.89. The Morgan fingerprint density at radius 3 is 2.92 bits per heavy atom. The van der Waals surface area contributed by atoms with Gasteiger partial charge in [-0.15, -0.1) is 0 Å². The maximum atomic E-state index is 6.07. The molecule has 0 bridgehead atoms. The van der Waals surface area contributed by atoms with E-state index < -0.39 is 0 Å². The lowest BCUT2D eigenvalue weighted by atomic mass is 10.2. The lowest BCUT2D eigenvalue weighted by Gasteiger charge is -2.13. The van der Waals surface area contributed by atoms with Gasteiger partial charge < -0.3 is 24.7 Å². The van der Waals surface area contributed by atoms with Crippen LogP contribution in [0.4, 0.5) is 0 Å². The van der Waals surface area contributed by atoms with Gasteiger partial charge in [0, 0.05) is 32.4 Å². The van der Waals surface area contributed by atoms with Crippen LogP contribution in [0.3, 0.4) is 0 Å². The summed E-state index contributed by atoms with van der Waals surface area (Å²) in [5, 5.41) is 7.54. The Hall–Kier alpha value is -0.950. The number of aliphatic imine (C=N–C) groups is 1. The molecule has 1 aliphatic rings. The van der Waals surface area contributed by atoms with E-state index in [1.165, 1.54) is 0 Å². The standard InChI is InChI=1S/C16H26Cl2N4O2/c1-3-19-16(20-6-8-23-11-13-5-4-7-24-13)21-10-12-9-14(17)15(18)22(12)2/h9,13H,3-8,10-11H2,1-2H3,(H2,19,20,21). The summed E-state index contributed by atoms with van der Waals surface area (Å²) < 4.78 is 13.0. The highest BCUT2D eigenvalue weighted by molar-refractivity contribution is 6.41. The molecule has 8 heteroatoms. The minimum Gasteiger partial charge on any atom is -0.377 e. The van der Waals surface area contributed by atoms with E-state index in [2.05, 4.69) is 15.6 Å². The summed E-state index contributed by atoms with van der Waals surface area (Å²) in [6.45, 7) is 6.14. The Morgan fingerprint density at radius 1 is 1.46 bits per heavy atom. The van der Waals surface area contributed by atoms with Gasteiger partial charge in [-0.05, 0) is 25.8 Å². The highest BCUT2D eigenvalue weighted by atomic mass is 35.5. The third-order valence-electron chi connectivity index (χ3n) is 3.83. The number of nitrogens with one attached hydrogen (secondary N) is 2. The van der Waals surface area contributed by atoms with E-state index >= 15 is 0 Å². The van der Waals surface area contributed by atoms with Gasteiger partial charge in [-0.1, -0.05) is 23.2 Å². The Bertz CT molecular complexity index is 542. The van der Waals surface area contributed by atoms with Crippen LogP contribution >= 0.6 is 23.2 Å². The van der Waals surface area contributed by atoms with Crippen molar-refractivity contribution < 1.29 is 9.47 Å². The molecule has 0 aliphatic carbocycles.